The van der Waals surface area contributed by atoms with Gasteiger partial charge < -0.3 is 4.57 Å². The standard InChI is InChI=1S/C18H15FN2/c1-14-12-15(9-10-18(14)19)20-13-17-8-5-11-21(17)16-6-3-2-4-7-16/h2-13H,1H3. The average molecular weight is 278 g/mol. The highest BCUT2D eigenvalue weighted by molar-refractivity contribution is 5.81. The Morgan fingerprint density at radius 3 is 2.57 bits per heavy atom. The molecule has 3 heteroatoms. The van der Waals surface area contributed by atoms with Crippen LogP contribution >= 0.6 is 0 Å². The van der Waals surface area contributed by atoms with Gasteiger partial charge in [0.25, 0.3) is 0 Å². The Balaban J connectivity index is 1.90. The van der Waals surface area contributed by atoms with Gasteiger partial charge in [-0.3, -0.25) is 4.99 Å². The van der Waals surface area contributed by atoms with E-state index in [1.165, 1.54) is 6.07 Å². The molecule has 0 bridgehead atoms. The van der Waals surface area contributed by atoms with Gasteiger partial charge in [0.2, 0.25) is 0 Å². The molecule has 104 valence electrons. The smallest absolute Gasteiger partial charge is 0.126 e. The number of rotatable bonds is 3. The van der Waals surface area contributed by atoms with Gasteiger partial charge in [0.05, 0.1) is 17.6 Å². The van der Waals surface area contributed by atoms with Crippen LogP contribution in [-0.4, -0.2) is 10.8 Å². The summed E-state index contributed by atoms with van der Waals surface area (Å²) in [7, 11) is 0. The minimum atomic E-state index is -0.207. The number of aromatic nitrogens is 1. The SMILES string of the molecule is Cc1cc(N=Cc2cccn2-c2ccccc2)ccc1F. The number of halogens is 1. The molecule has 0 spiro atoms. The van der Waals surface area contributed by atoms with Crippen molar-refractivity contribution in [3.63, 3.8) is 0 Å². The molecule has 0 radical (unpaired) electrons. The van der Waals surface area contributed by atoms with Gasteiger partial charge in [0.15, 0.2) is 0 Å². The molecule has 1 heterocycles. The van der Waals surface area contributed by atoms with Gasteiger partial charge in [-0.2, -0.15) is 0 Å². The quantitative estimate of drug-likeness (QED) is 0.619. The summed E-state index contributed by atoms with van der Waals surface area (Å²) in [5.74, 6) is -0.207. The van der Waals surface area contributed by atoms with Crippen molar-refractivity contribution in [1.82, 2.24) is 4.57 Å². The molecule has 21 heavy (non-hydrogen) atoms. The summed E-state index contributed by atoms with van der Waals surface area (Å²) >= 11 is 0. The van der Waals surface area contributed by atoms with Crippen LogP contribution in [0.3, 0.4) is 0 Å². The highest BCUT2D eigenvalue weighted by Gasteiger charge is 2.01. The molecule has 0 aliphatic rings. The van der Waals surface area contributed by atoms with Gasteiger partial charge in [0, 0.05) is 11.9 Å². The zero-order chi connectivity index (χ0) is 14.7. The summed E-state index contributed by atoms with van der Waals surface area (Å²) in [6.45, 7) is 1.74. The fourth-order valence-electron chi connectivity index (χ4n) is 2.17. The molecule has 0 fully saturated rings. The molecule has 0 atom stereocenters. The molecule has 2 nitrogen and oxygen atoms in total. The molecule has 0 aliphatic heterocycles. The molecule has 0 N–H and O–H groups in total. The predicted octanol–water partition coefficient (Wildman–Crippen LogP) is 4.68. The molecular weight excluding hydrogens is 263 g/mol. The van der Waals surface area contributed by atoms with Crippen LogP contribution in [0.5, 0.6) is 0 Å². The zero-order valence-corrected chi connectivity index (χ0v) is 11.7. The van der Waals surface area contributed by atoms with E-state index in [1.807, 2.05) is 48.7 Å². The molecule has 0 saturated carbocycles. The van der Waals surface area contributed by atoms with Crippen molar-refractivity contribution < 1.29 is 4.39 Å². The largest absolute Gasteiger partial charge is 0.316 e. The van der Waals surface area contributed by atoms with Crippen LogP contribution in [0.2, 0.25) is 0 Å². The molecule has 0 unspecified atom stereocenters. The summed E-state index contributed by atoms with van der Waals surface area (Å²) in [4.78, 5) is 4.42. The lowest BCUT2D eigenvalue weighted by Crippen LogP contribution is -1.97. The number of para-hydroxylation sites is 1. The third-order valence-electron chi connectivity index (χ3n) is 3.30. The van der Waals surface area contributed by atoms with Gasteiger partial charge in [-0.1, -0.05) is 18.2 Å². The van der Waals surface area contributed by atoms with Gasteiger partial charge in [0.1, 0.15) is 5.82 Å². The van der Waals surface area contributed by atoms with E-state index in [4.69, 9.17) is 0 Å². The van der Waals surface area contributed by atoms with Crippen LogP contribution in [0.4, 0.5) is 10.1 Å². The first-order valence-corrected chi connectivity index (χ1v) is 6.77. The summed E-state index contributed by atoms with van der Waals surface area (Å²) in [5.41, 5.74) is 3.40. The van der Waals surface area contributed by atoms with Crippen molar-refractivity contribution in [2.45, 2.75) is 6.92 Å². The number of benzene rings is 2. The maximum Gasteiger partial charge on any atom is 0.126 e. The summed E-state index contributed by atoms with van der Waals surface area (Å²) < 4.78 is 15.3. The van der Waals surface area contributed by atoms with Gasteiger partial charge >= 0.3 is 0 Å². The van der Waals surface area contributed by atoms with Crippen LogP contribution in [0.25, 0.3) is 5.69 Å². The van der Waals surface area contributed by atoms with Crippen LogP contribution < -0.4 is 0 Å². The zero-order valence-electron chi connectivity index (χ0n) is 11.7. The van der Waals surface area contributed by atoms with Gasteiger partial charge in [-0.05, 0) is 55.0 Å². The number of aliphatic imine (C=N–C) groups is 1. The average Bonchev–Trinajstić information content (AvgIpc) is 2.98. The third-order valence-corrected chi connectivity index (χ3v) is 3.30. The van der Waals surface area contributed by atoms with Crippen molar-refractivity contribution in [3.05, 3.63) is 83.9 Å². The van der Waals surface area contributed by atoms with E-state index in [9.17, 15) is 4.39 Å². The van der Waals surface area contributed by atoms with E-state index in [0.717, 1.165) is 17.1 Å². The molecule has 0 aliphatic carbocycles. The highest BCUT2D eigenvalue weighted by Crippen LogP contribution is 2.17. The van der Waals surface area contributed by atoms with E-state index in [2.05, 4.69) is 9.56 Å². The predicted molar refractivity (Wildman–Crippen MR) is 84.2 cm³/mol. The molecule has 0 amide bonds. The second kappa shape index (κ2) is 5.75. The minimum Gasteiger partial charge on any atom is -0.316 e. The molecular formula is C18H15FN2. The second-order valence-electron chi connectivity index (χ2n) is 4.83. The monoisotopic (exact) mass is 278 g/mol. The maximum atomic E-state index is 13.2. The Labute approximate surface area is 123 Å². The number of hydrogen-bond acceptors (Lipinski definition) is 1. The lowest BCUT2D eigenvalue weighted by molar-refractivity contribution is 0.618. The Morgan fingerprint density at radius 2 is 1.81 bits per heavy atom. The summed E-state index contributed by atoms with van der Waals surface area (Å²) in [5, 5.41) is 0. The van der Waals surface area contributed by atoms with Gasteiger partial charge in [-0.15, -0.1) is 0 Å². The van der Waals surface area contributed by atoms with Crippen molar-refractivity contribution in [1.29, 1.82) is 0 Å². The van der Waals surface area contributed by atoms with Gasteiger partial charge in [-0.25, -0.2) is 4.39 Å². The fraction of sp³-hybridized carbons (Fsp3) is 0.0556. The maximum absolute atomic E-state index is 13.2. The molecule has 3 rings (SSSR count). The van der Waals surface area contributed by atoms with Crippen molar-refractivity contribution >= 4 is 11.9 Å². The first-order valence-electron chi connectivity index (χ1n) is 6.77. The summed E-state index contributed by atoms with van der Waals surface area (Å²) in [6.07, 6.45) is 3.78. The first-order chi connectivity index (χ1) is 10.2. The van der Waals surface area contributed by atoms with E-state index in [-0.39, 0.29) is 5.82 Å². The normalized spacial score (nSPS) is 11.1. The van der Waals surface area contributed by atoms with E-state index in [0.29, 0.717) is 5.56 Å². The minimum absolute atomic E-state index is 0.207. The van der Waals surface area contributed by atoms with E-state index >= 15 is 0 Å². The molecule has 0 saturated heterocycles. The molecule has 3 aromatic rings. The lowest BCUT2D eigenvalue weighted by Gasteiger charge is -2.05. The Hall–Kier alpha value is -2.68. The Bertz CT molecular complexity index is 773. The Morgan fingerprint density at radius 1 is 1.00 bits per heavy atom. The number of nitrogens with zero attached hydrogens (tertiary/aromatic N) is 2. The number of hydrogen-bond donors (Lipinski definition) is 0. The molecule has 2 aromatic carbocycles. The van der Waals surface area contributed by atoms with Crippen LogP contribution in [0.15, 0.2) is 71.9 Å². The van der Waals surface area contributed by atoms with Crippen molar-refractivity contribution in [2.75, 3.05) is 0 Å². The third kappa shape index (κ3) is 2.92. The first kappa shape index (κ1) is 13.3. The summed E-state index contributed by atoms with van der Waals surface area (Å²) in [6, 6.07) is 18.9. The molecule has 1 aromatic heterocycles. The highest BCUT2D eigenvalue weighted by atomic mass is 19.1. The lowest BCUT2D eigenvalue weighted by atomic mass is 10.2. The fourth-order valence-corrected chi connectivity index (χ4v) is 2.17. The van der Waals surface area contributed by atoms with Crippen LogP contribution in [-0.2, 0) is 0 Å². The van der Waals surface area contributed by atoms with E-state index < -0.39 is 0 Å². The number of aryl methyl sites for hydroxylation is 1. The second-order valence-corrected chi connectivity index (χ2v) is 4.83. The van der Waals surface area contributed by atoms with Crippen molar-refractivity contribution in [3.8, 4) is 5.69 Å². The van der Waals surface area contributed by atoms with Crippen LogP contribution in [0.1, 0.15) is 11.3 Å². The Kier molecular flexibility index (Phi) is 3.65. The van der Waals surface area contributed by atoms with Crippen LogP contribution in [0, 0.1) is 12.7 Å². The topological polar surface area (TPSA) is 17.3 Å². The van der Waals surface area contributed by atoms with Crippen molar-refractivity contribution in [2.24, 2.45) is 4.99 Å². The van der Waals surface area contributed by atoms with E-state index in [1.54, 1.807) is 25.3 Å².